The van der Waals surface area contributed by atoms with E-state index in [0.717, 1.165) is 9.86 Å². The molecule has 0 bridgehead atoms. The van der Waals surface area contributed by atoms with Gasteiger partial charge >= 0.3 is 0 Å². The normalized spacial score (nSPS) is 12.0. The Balaban J connectivity index is 2.86. The average Bonchev–Trinajstić information content (AvgIpc) is 2.27. The van der Waals surface area contributed by atoms with Gasteiger partial charge in [-0.1, -0.05) is 15.9 Å². The van der Waals surface area contributed by atoms with Gasteiger partial charge in [0.25, 0.3) is 5.91 Å². The van der Waals surface area contributed by atoms with Crippen molar-refractivity contribution in [3.05, 3.63) is 39.9 Å². The van der Waals surface area contributed by atoms with Gasteiger partial charge < -0.3 is 10.2 Å². The predicted molar refractivity (Wildman–Crippen MR) is 63.9 cm³/mol. The van der Waals surface area contributed by atoms with Crippen molar-refractivity contribution in [2.24, 2.45) is 10.7 Å². The molecule has 0 unspecified atom stereocenters. The summed E-state index contributed by atoms with van der Waals surface area (Å²) in [7, 11) is 1.55. The van der Waals surface area contributed by atoms with E-state index in [2.05, 4.69) is 20.9 Å². The Labute approximate surface area is 99.9 Å². The molecule has 0 aliphatic rings. The molecular formula is C11H9BrN2O2. The van der Waals surface area contributed by atoms with E-state index in [1.54, 1.807) is 19.2 Å². The van der Waals surface area contributed by atoms with Crippen molar-refractivity contribution in [3.8, 4) is 0 Å². The summed E-state index contributed by atoms with van der Waals surface area (Å²) in [6.07, 6.45) is 0. The Bertz CT molecular complexity index is 631. The Hall–Kier alpha value is -1.62. The van der Waals surface area contributed by atoms with Crippen LogP contribution in [-0.2, 0) is 0 Å². The Kier molecular flexibility index (Phi) is 2.78. The maximum Gasteiger partial charge on any atom is 0.254 e. The van der Waals surface area contributed by atoms with Crippen LogP contribution in [0.5, 0.6) is 0 Å². The van der Waals surface area contributed by atoms with Gasteiger partial charge in [-0.2, -0.15) is 0 Å². The van der Waals surface area contributed by atoms with Crippen molar-refractivity contribution in [2.45, 2.75) is 0 Å². The second-order valence-corrected chi connectivity index (χ2v) is 4.15. The van der Waals surface area contributed by atoms with Crippen molar-refractivity contribution in [1.29, 1.82) is 0 Å². The highest BCUT2D eigenvalue weighted by molar-refractivity contribution is 9.10. The van der Waals surface area contributed by atoms with Crippen molar-refractivity contribution in [3.63, 3.8) is 0 Å². The molecule has 0 saturated carbocycles. The molecule has 4 nitrogen and oxygen atoms in total. The van der Waals surface area contributed by atoms with Gasteiger partial charge in [-0.25, -0.2) is 0 Å². The van der Waals surface area contributed by atoms with Crippen LogP contribution in [0.2, 0.25) is 0 Å². The van der Waals surface area contributed by atoms with E-state index in [1.165, 1.54) is 0 Å². The molecule has 1 aromatic heterocycles. The molecule has 0 spiro atoms. The molecule has 82 valence electrons. The molecule has 2 N–H and O–H groups in total. The zero-order valence-electron chi connectivity index (χ0n) is 8.53. The minimum Gasteiger partial charge on any atom is -0.438 e. The molecule has 2 aromatic rings. The minimum atomic E-state index is -0.550. The number of fused-ring (bicyclic) bond motifs is 1. The number of rotatable bonds is 1. The number of hydrogen-bond donors (Lipinski definition) is 1. The summed E-state index contributed by atoms with van der Waals surface area (Å²) < 4.78 is 6.38. The van der Waals surface area contributed by atoms with Gasteiger partial charge in [-0.05, 0) is 24.3 Å². The minimum absolute atomic E-state index is 0.252. The molecule has 2 rings (SSSR count). The van der Waals surface area contributed by atoms with Crippen LogP contribution in [0.4, 0.5) is 0 Å². The molecule has 1 amide bonds. The summed E-state index contributed by atoms with van der Waals surface area (Å²) in [5, 5.41) is 0.801. The highest BCUT2D eigenvalue weighted by Crippen LogP contribution is 2.19. The van der Waals surface area contributed by atoms with Crippen LogP contribution < -0.4 is 11.3 Å². The van der Waals surface area contributed by atoms with Gasteiger partial charge in [0.05, 0.1) is 0 Å². The van der Waals surface area contributed by atoms with E-state index in [4.69, 9.17) is 10.2 Å². The Morgan fingerprint density at radius 1 is 1.44 bits per heavy atom. The summed E-state index contributed by atoms with van der Waals surface area (Å²) in [6, 6.07) is 7.19. The van der Waals surface area contributed by atoms with E-state index in [9.17, 15) is 4.79 Å². The van der Waals surface area contributed by atoms with Gasteiger partial charge in [-0.15, -0.1) is 0 Å². The number of carbonyl (C=O) groups is 1. The van der Waals surface area contributed by atoms with E-state index < -0.39 is 5.91 Å². The smallest absolute Gasteiger partial charge is 0.254 e. The van der Waals surface area contributed by atoms with Crippen LogP contribution in [0.1, 0.15) is 10.4 Å². The number of carbonyl (C=O) groups excluding carboxylic acids is 1. The van der Waals surface area contributed by atoms with Crippen LogP contribution in [0.3, 0.4) is 0 Å². The molecule has 1 heterocycles. The molecule has 0 aliphatic heterocycles. The fraction of sp³-hybridized carbons (Fsp3) is 0.0909. The summed E-state index contributed by atoms with van der Waals surface area (Å²) in [5.41, 5.74) is 6.45. The van der Waals surface area contributed by atoms with Gasteiger partial charge in [0.1, 0.15) is 11.1 Å². The molecule has 5 heteroatoms. The number of benzene rings is 1. The third kappa shape index (κ3) is 1.86. The average molecular weight is 281 g/mol. The molecule has 1 aromatic carbocycles. The van der Waals surface area contributed by atoms with Crippen LogP contribution in [0, 0.1) is 0 Å². The third-order valence-electron chi connectivity index (χ3n) is 2.18. The topological polar surface area (TPSA) is 68.6 Å². The molecule has 0 fully saturated rings. The van der Waals surface area contributed by atoms with Crippen LogP contribution >= 0.6 is 15.9 Å². The lowest BCUT2D eigenvalue weighted by Crippen LogP contribution is -2.21. The number of halogens is 1. The van der Waals surface area contributed by atoms with Gasteiger partial charge in [0.15, 0.2) is 0 Å². The Morgan fingerprint density at radius 3 is 2.81 bits per heavy atom. The first-order chi connectivity index (χ1) is 7.61. The zero-order chi connectivity index (χ0) is 11.7. The summed E-state index contributed by atoms with van der Waals surface area (Å²) in [4.78, 5) is 15.1. The van der Waals surface area contributed by atoms with E-state index >= 15 is 0 Å². The van der Waals surface area contributed by atoms with E-state index in [0.29, 0.717) is 5.58 Å². The standard InChI is InChI=1S/C11H9BrN2O2/c1-14-11-8(10(13)15)5-6-4-7(12)2-3-9(6)16-11/h2-5H,1H3,(H2,13,15). The molecule has 16 heavy (non-hydrogen) atoms. The van der Waals surface area contributed by atoms with Crippen LogP contribution in [0.25, 0.3) is 11.0 Å². The van der Waals surface area contributed by atoms with Gasteiger partial charge in [-0.3, -0.25) is 9.79 Å². The monoisotopic (exact) mass is 280 g/mol. The highest BCUT2D eigenvalue weighted by atomic mass is 79.9. The van der Waals surface area contributed by atoms with Gasteiger partial charge in [0, 0.05) is 16.9 Å². The molecule has 0 atom stereocenters. The third-order valence-corrected chi connectivity index (χ3v) is 2.67. The van der Waals surface area contributed by atoms with Gasteiger partial charge in [0.2, 0.25) is 5.55 Å². The maximum atomic E-state index is 11.2. The summed E-state index contributed by atoms with van der Waals surface area (Å²) in [5.74, 6) is -0.550. The lowest BCUT2D eigenvalue weighted by molar-refractivity contribution is 0.0996. The highest BCUT2D eigenvalue weighted by Gasteiger charge is 2.08. The summed E-state index contributed by atoms with van der Waals surface area (Å²) in [6.45, 7) is 0. The van der Waals surface area contributed by atoms with Crippen LogP contribution in [-0.4, -0.2) is 13.0 Å². The van der Waals surface area contributed by atoms with Crippen molar-refractivity contribution in [1.82, 2.24) is 0 Å². The number of amides is 1. The van der Waals surface area contributed by atoms with E-state index in [-0.39, 0.29) is 11.1 Å². The van der Waals surface area contributed by atoms with Crippen LogP contribution in [0.15, 0.2) is 38.1 Å². The second kappa shape index (κ2) is 4.09. The van der Waals surface area contributed by atoms with Crippen molar-refractivity contribution < 1.29 is 9.21 Å². The molecular weight excluding hydrogens is 272 g/mol. The lowest BCUT2D eigenvalue weighted by atomic mass is 10.2. The number of nitrogens with two attached hydrogens (primary N) is 1. The quantitative estimate of drug-likeness (QED) is 0.866. The summed E-state index contributed by atoms with van der Waals surface area (Å²) >= 11 is 3.35. The first-order valence-corrected chi connectivity index (χ1v) is 5.37. The largest absolute Gasteiger partial charge is 0.438 e. The first-order valence-electron chi connectivity index (χ1n) is 4.58. The maximum absolute atomic E-state index is 11.2. The lowest BCUT2D eigenvalue weighted by Gasteiger charge is -2.01. The van der Waals surface area contributed by atoms with Crippen molar-refractivity contribution >= 4 is 32.8 Å². The second-order valence-electron chi connectivity index (χ2n) is 3.24. The Morgan fingerprint density at radius 2 is 2.19 bits per heavy atom. The SMILES string of the molecule is CN=c1oc2ccc(Br)cc2cc1C(N)=O. The molecule has 0 radical (unpaired) electrons. The van der Waals surface area contributed by atoms with Crippen molar-refractivity contribution in [2.75, 3.05) is 7.05 Å². The number of hydrogen-bond acceptors (Lipinski definition) is 3. The molecule has 0 saturated heterocycles. The predicted octanol–water partition coefficient (Wildman–Crippen LogP) is 1.82. The number of primary amides is 1. The number of nitrogens with zero attached hydrogens (tertiary/aromatic N) is 1. The fourth-order valence-corrected chi connectivity index (χ4v) is 1.82. The first kappa shape index (κ1) is 10.9. The zero-order valence-corrected chi connectivity index (χ0v) is 10.1. The van der Waals surface area contributed by atoms with E-state index in [1.807, 2.05) is 12.1 Å². The molecule has 0 aliphatic carbocycles. The fourth-order valence-electron chi connectivity index (χ4n) is 1.44.